The van der Waals surface area contributed by atoms with Gasteiger partial charge in [0.25, 0.3) is 0 Å². The van der Waals surface area contributed by atoms with Gasteiger partial charge in [-0.2, -0.15) is 0 Å². The van der Waals surface area contributed by atoms with Crippen molar-refractivity contribution in [1.82, 2.24) is 10.2 Å². The number of carbonyl (C=O) groups excluding carboxylic acids is 2. The second kappa shape index (κ2) is 28.4. The topological polar surface area (TPSA) is 49.4 Å². The number of alkyl halides is 1. The van der Waals surface area contributed by atoms with Gasteiger partial charge in [-0.1, -0.05) is 99.7 Å². The van der Waals surface area contributed by atoms with Crippen molar-refractivity contribution in [3.63, 3.8) is 0 Å². The minimum Gasteiger partial charge on any atom is -0.353 e. The van der Waals surface area contributed by atoms with E-state index in [1.165, 1.54) is 31.0 Å². The van der Waals surface area contributed by atoms with Crippen molar-refractivity contribution in [1.29, 1.82) is 0 Å². The molecule has 220 valence electrons. The summed E-state index contributed by atoms with van der Waals surface area (Å²) >= 11 is 3.38. The number of unbranched alkanes of at least 4 members (excludes halogenated alkanes) is 2. The summed E-state index contributed by atoms with van der Waals surface area (Å²) in [5.74, 6) is 2.23. The van der Waals surface area contributed by atoms with Crippen LogP contribution in [-0.4, -0.2) is 41.7 Å². The van der Waals surface area contributed by atoms with Gasteiger partial charge in [0.05, 0.1) is 0 Å². The van der Waals surface area contributed by atoms with Gasteiger partial charge in [-0.25, -0.2) is 0 Å². The van der Waals surface area contributed by atoms with Crippen LogP contribution in [0.3, 0.4) is 0 Å². The predicted octanol–water partition coefficient (Wildman–Crippen LogP) is 9.18. The largest absolute Gasteiger partial charge is 0.353 e. The number of allylic oxidation sites excluding steroid dienone is 6. The summed E-state index contributed by atoms with van der Waals surface area (Å²) < 4.78 is 0. The van der Waals surface area contributed by atoms with Crippen LogP contribution in [0.4, 0.5) is 0 Å². The number of rotatable bonds is 17. The van der Waals surface area contributed by atoms with Gasteiger partial charge in [-0.15, -0.1) is 0 Å². The number of hydrogen-bond acceptors (Lipinski definition) is 2. The SMILES string of the molecule is BrCC1CC1.C.CC/C=C\CC/C=C/CN(CC1CC1)C(=O)CC.CC/C=C\CC/C=C/CNC(=O)CC. The van der Waals surface area contributed by atoms with E-state index >= 15 is 0 Å². The Kier molecular flexibility index (Phi) is 28.8. The van der Waals surface area contributed by atoms with E-state index in [1.54, 1.807) is 0 Å². The second-order valence-electron chi connectivity index (χ2n) is 9.71. The molecule has 4 nitrogen and oxygen atoms in total. The first-order valence-corrected chi connectivity index (χ1v) is 15.8. The van der Waals surface area contributed by atoms with Crippen molar-refractivity contribution in [3.05, 3.63) is 48.6 Å². The molecule has 0 saturated heterocycles. The quantitative estimate of drug-likeness (QED) is 0.104. The molecule has 0 radical (unpaired) electrons. The molecule has 0 heterocycles. The van der Waals surface area contributed by atoms with Crippen LogP contribution in [0.5, 0.6) is 0 Å². The van der Waals surface area contributed by atoms with Crippen molar-refractivity contribution in [2.45, 2.75) is 112 Å². The van der Waals surface area contributed by atoms with Gasteiger partial charge in [0.2, 0.25) is 11.8 Å². The molecule has 0 atom stereocenters. The van der Waals surface area contributed by atoms with Crippen LogP contribution in [0, 0.1) is 11.8 Å². The highest BCUT2D eigenvalue weighted by molar-refractivity contribution is 9.09. The summed E-state index contributed by atoms with van der Waals surface area (Å²) in [4.78, 5) is 24.6. The zero-order chi connectivity index (χ0) is 27.6. The Morgan fingerprint density at radius 2 is 1.24 bits per heavy atom. The van der Waals surface area contributed by atoms with Crippen LogP contribution in [-0.2, 0) is 9.59 Å². The molecule has 0 spiro atoms. The normalized spacial score (nSPS) is 14.7. The Bertz CT molecular complexity index is 676. The van der Waals surface area contributed by atoms with Gasteiger partial charge in [0, 0.05) is 37.8 Å². The maximum absolute atomic E-state index is 11.8. The number of hydrogen-bond donors (Lipinski definition) is 1. The lowest BCUT2D eigenvalue weighted by atomic mass is 10.2. The lowest BCUT2D eigenvalue weighted by Crippen LogP contribution is -2.32. The van der Waals surface area contributed by atoms with E-state index in [2.05, 4.69) is 77.6 Å². The third-order valence-corrected chi connectivity index (χ3v) is 6.86. The first kappa shape index (κ1) is 38.5. The molecule has 2 aliphatic rings. The Morgan fingerprint density at radius 1 is 0.737 bits per heavy atom. The summed E-state index contributed by atoms with van der Waals surface area (Å²) in [5, 5.41) is 4.02. The van der Waals surface area contributed by atoms with E-state index in [1.807, 2.05) is 24.8 Å². The van der Waals surface area contributed by atoms with Crippen molar-refractivity contribution >= 4 is 27.7 Å². The lowest BCUT2D eigenvalue weighted by molar-refractivity contribution is -0.130. The van der Waals surface area contributed by atoms with E-state index in [4.69, 9.17) is 0 Å². The molecule has 1 N–H and O–H groups in total. The van der Waals surface area contributed by atoms with Gasteiger partial charge in [-0.3, -0.25) is 9.59 Å². The first-order valence-electron chi connectivity index (χ1n) is 14.7. The minimum atomic E-state index is 0. The van der Waals surface area contributed by atoms with Gasteiger partial charge in [0.1, 0.15) is 0 Å². The van der Waals surface area contributed by atoms with Crippen molar-refractivity contribution in [3.8, 4) is 0 Å². The summed E-state index contributed by atoms with van der Waals surface area (Å²) in [6.45, 7) is 10.5. The Hall–Kier alpha value is -1.62. The molecule has 0 aromatic rings. The molecule has 0 aromatic carbocycles. The van der Waals surface area contributed by atoms with Crippen molar-refractivity contribution in [2.75, 3.05) is 25.0 Å². The van der Waals surface area contributed by atoms with Crippen molar-refractivity contribution in [2.24, 2.45) is 11.8 Å². The molecule has 0 unspecified atom stereocenters. The summed E-state index contributed by atoms with van der Waals surface area (Å²) in [7, 11) is 0. The fraction of sp³-hybridized carbons (Fsp3) is 0.697. The summed E-state index contributed by atoms with van der Waals surface area (Å²) in [5.41, 5.74) is 0. The highest BCUT2D eigenvalue weighted by Crippen LogP contribution is 2.30. The van der Waals surface area contributed by atoms with Gasteiger partial charge >= 0.3 is 0 Å². The Labute approximate surface area is 244 Å². The molecule has 0 bridgehead atoms. The average Bonchev–Trinajstić information content (AvgIpc) is 3.84. The molecule has 2 fully saturated rings. The number of nitrogens with zero attached hydrogens (tertiary/aromatic N) is 1. The van der Waals surface area contributed by atoms with Crippen LogP contribution in [0.25, 0.3) is 0 Å². The molecular formula is C33H59BrN2O2. The molecule has 0 aliphatic heterocycles. The molecule has 0 aromatic heterocycles. The third kappa shape index (κ3) is 27.4. The van der Waals surface area contributed by atoms with Gasteiger partial charge in [0.15, 0.2) is 0 Å². The fourth-order valence-electron chi connectivity index (χ4n) is 3.16. The van der Waals surface area contributed by atoms with E-state index in [-0.39, 0.29) is 19.2 Å². The number of halogens is 1. The van der Waals surface area contributed by atoms with Crippen LogP contribution >= 0.6 is 15.9 Å². The molecule has 38 heavy (non-hydrogen) atoms. The van der Waals surface area contributed by atoms with E-state index in [0.29, 0.717) is 19.4 Å². The Morgan fingerprint density at radius 3 is 1.63 bits per heavy atom. The van der Waals surface area contributed by atoms with E-state index < -0.39 is 0 Å². The number of carbonyl (C=O) groups is 2. The molecular weight excluding hydrogens is 536 g/mol. The number of amides is 2. The van der Waals surface area contributed by atoms with Crippen LogP contribution < -0.4 is 5.32 Å². The molecule has 5 heteroatoms. The standard InChI is InChI=1S/C16H27NO.C12H21NO.C4H7Br.CH4/c1-3-5-6-7-8-9-10-13-17(16(18)4-2)14-15-11-12-15;1-3-5-6-7-8-9-10-11-13-12(14)4-2;5-3-4-1-2-4;/h5-6,9-10,15H,3-4,7-8,11-14H2,1-2H3;5-6,9-10H,3-4,7-8,11H2,1-2H3,(H,13,14);4H,1-3H2;1H4/b2*6-5-,10-9+;;. The molecule has 2 saturated carbocycles. The lowest BCUT2D eigenvalue weighted by Gasteiger charge is -2.20. The monoisotopic (exact) mass is 594 g/mol. The highest BCUT2D eigenvalue weighted by Gasteiger charge is 2.25. The van der Waals surface area contributed by atoms with Crippen LogP contribution in [0.2, 0.25) is 0 Å². The zero-order valence-electron chi connectivity index (χ0n) is 24.2. The van der Waals surface area contributed by atoms with E-state index in [9.17, 15) is 9.59 Å². The van der Waals surface area contributed by atoms with E-state index in [0.717, 1.165) is 63.5 Å². The molecule has 2 rings (SSSR count). The fourth-order valence-corrected chi connectivity index (χ4v) is 3.81. The molecule has 2 aliphatic carbocycles. The van der Waals surface area contributed by atoms with Crippen molar-refractivity contribution < 1.29 is 9.59 Å². The zero-order valence-corrected chi connectivity index (χ0v) is 25.8. The van der Waals surface area contributed by atoms with Gasteiger partial charge < -0.3 is 10.2 Å². The third-order valence-electron chi connectivity index (χ3n) is 5.95. The predicted molar refractivity (Wildman–Crippen MR) is 172 cm³/mol. The summed E-state index contributed by atoms with van der Waals surface area (Å²) in [6, 6.07) is 0. The van der Waals surface area contributed by atoms with Crippen LogP contribution in [0.1, 0.15) is 112 Å². The Balaban J connectivity index is 0. The smallest absolute Gasteiger partial charge is 0.222 e. The minimum absolute atomic E-state index is 0. The average molecular weight is 596 g/mol. The number of nitrogens with one attached hydrogen (secondary N) is 1. The maximum atomic E-state index is 11.8. The summed E-state index contributed by atoms with van der Waals surface area (Å²) in [6.07, 6.45) is 30.5. The second-order valence-corrected chi connectivity index (χ2v) is 10.4. The first-order chi connectivity index (χ1) is 18.0. The highest BCUT2D eigenvalue weighted by atomic mass is 79.9. The van der Waals surface area contributed by atoms with Crippen LogP contribution in [0.15, 0.2) is 48.6 Å². The van der Waals surface area contributed by atoms with Gasteiger partial charge in [-0.05, 0) is 76.0 Å². The maximum Gasteiger partial charge on any atom is 0.222 e. The molecule has 2 amide bonds.